The summed E-state index contributed by atoms with van der Waals surface area (Å²) in [6.07, 6.45) is 6.96. The fourth-order valence-corrected chi connectivity index (χ4v) is 5.85. The molecule has 2 fully saturated rings. The Morgan fingerprint density at radius 1 is 0.906 bits per heavy atom. The van der Waals surface area contributed by atoms with Crippen molar-refractivity contribution >= 4 is 16.6 Å². The third-order valence-corrected chi connectivity index (χ3v) is 7.53. The van der Waals surface area contributed by atoms with Crippen molar-refractivity contribution in [3.63, 3.8) is 0 Å². The van der Waals surface area contributed by atoms with Gasteiger partial charge in [0.25, 0.3) is 0 Å². The van der Waals surface area contributed by atoms with Gasteiger partial charge in [-0.15, -0.1) is 0 Å². The lowest BCUT2D eigenvalue weighted by atomic mass is 9.81. The standard InChI is InChI=1S/C26H30FN3O2/c27-19-6-9-21-22(17-28-23(21)16-19)18-4-7-20(8-5-18)29-10-12-30(13-11-29)24-2-1-3-25-26(24)32-15-14-31-25/h1-3,6,9,16-18,20,28H,4-5,7-8,10-15H2. The second-order valence-corrected chi connectivity index (χ2v) is 9.26. The van der Waals surface area contributed by atoms with E-state index >= 15 is 0 Å². The molecule has 1 aliphatic carbocycles. The number of hydrogen-bond acceptors (Lipinski definition) is 4. The number of ether oxygens (including phenoxy) is 2. The van der Waals surface area contributed by atoms with Gasteiger partial charge in [0.15, 0.2) is 11.5 Å². The average molecular weight is 436 g/mol. The van der Waals surface area contributed by atoms with Crippen molar-refractivity contribution in [1.82, 2.24) is 9.88 Å². The molecule has 32 heavy (non-hydrogen) atoms. The van der Waals surface area contributed by atoms with E-state index in [-0.39, 0.29) is 5.82 Å². The number of halogens is 1. The number of benzene rings is 2. The summed E-state index contributed by atoms with van der Waals surface area (Å²) < 4.78 is 25.2. The fourth-order valence-electron chi connectivity index (χ4n) is 5.85. The molecular weight excluding hydrogens is 405 g/mol. The molecule has 0 amide bonds. The number of H-pyrrole nitrogens is 1. The molecule has 6 heteroatoms. The van der Waals surface area contributed by atoms with Crippen molar-refractivity contribution in [2.75, 3.05) is 44.3 Å². The van der Waals surface area contributed by atoms with Crippen LogP contribution >= 0.6 is 0 Å². The maximum Gasteiger partial charge on any atom is 0.184 e. The quantitative estimate of drug-likeness (QED) is 0.634. The smallest absolute Gasteiger partial charge is 0.184 e. The Bertz CT molecular complexity index is 1100. The van der Waals surface area contributed by atoms with Gasteiger partial charge >= 0.3 is 0 Å². The predicted octanol–water partition coefficient (Wildman–Crippen LogP) is 4.93. The van der Waals surface area contributed by atoms with E-state index in [4.69, 9.17) is 9.47 Å². The molecule has 6 rings (SSSR count). The van der Waals surface area contributed by atoms with Crippen LogP contribution in [-0.2, 0) is 0 Å². The zero-order valence-electron chi connectivity index (χ0n) is 18.4. The largest absolute Gasteiger partial charge is 0.486 e. The SMILES string of the molecule is Fc1ccc2c(C3CCC(N4CCN(c5cccc6c5OCCO6)CC4)CC3)c[nH]c2c1. The van der Waals surface area contributed by atoms with E-state index in [0.717, 1.165) is 43.2 Å². The van der Waals surface area contributed by atoms with Crippen LogP contribution in [0.25, 0.3) is 10.9 Å². The number of rotatable bonds is 3. The molecule has 2 aromatic carbocycles. The van der Waals surface area contributed by atoms with Crippen LogP contribution in [0, 0.1) is 5.82 Å². The Morgan fingerprint density at radius 3 is 2.56 bits per heavy atom. The molecule has 2 aliphatic heterocycles. The van der Waals surface area contributed by atoms with Gasteiger partial charge in [-0.3, -0.25) is 4.90 Å². The number of para-hydroxylation sites is 1. The first kappa shape index (κ1) is 19.9. The van der Waals surface area contributed by atoms with Crippen LogP contribution in [0.2, 0.25) is 0 Å². The minimum absolute atomic E-state index is 0.177. The molecule has 3 aromatic rings. The molecule has 3 heterocycles. The number of anilines is 1. The van der Waals surface area contributed by atoms with Crippen LogP contribution in [0.3, 0.4) is 0 Å². The first-order valence-electron chi connectivity index (χ1n) is 11.9. The summed E-state index contributed by atoms with van der Waals surface area (Å²) in [7, 11) is 0. The highest BCUT2D eigenvalue weighted by atomic mass is 19.1. The third-order valence-electron chi connectivity index (χ3n) is 7.53. The van der Waals surface area contributed by atoms with Crippen LogP contribution in [0.4, 0.5) is 10.1 Å². The number of aromatic amines is 1. The average Bonchev–Trinajstić information content (AvgIpc) is 3.27. The molecule has 168 valence electrons. The molecule has 1 N–H and O–H groups in total. The molecule has 0 spiro atoms. The molecule has 0 radical (unpaired) electrons. The summed E-state index contributed by atoms with van der Waals surface area (Å²) in [5.41, 5.74) is 3.44. The Hall–Kier alpha value is -2.73. The Morgan fingerprint density at radius 2 is 1.72 bits per heavy atom. The minimum atomic E-state index is -0.177. The van der Waals surface area contributed by atoms with Gasteiger partial charge in [-0.2, -0.15) is 0 Å². The van der Waals surface area contributed by atoms with E-state index in [1.807, 2.05) is 12.1 Å². The molecule has 0 unspecified atom stereocenters. The van der Waals surface area contributed by atoms with Gasteiger partial charge in [-0.25, -0.2) is 4.39 Å². The van der Waals surface area contributed by atoms with Crippen molar-refractivity contribution in [1.29, 1.82) is 0 Å². The van der Waals surface area contributed by atoms with Crippen molar-refractivity contribution in [3.05, 3.63) is 54.0 Å². The molecular formula is C26H30FN3O2. The lowest BCUT2D eigenvalue weighted by Crippen LogP contribution is -2.51. The van der Waals surface area contributed by atoms with Gasteiger partial charge in [0, 0.05) is 49.3 Å². The molecule has 1 saturated heterocycles. The van der Waals surface area contributed by atoms with Crippen LogP contribution in [0.15, 0.2) is 42.6 Å². The van der Waals surface area contributed by atoms with Crippen LogP contribution < -0.4 is 14.4 Å². The molecule has 1 saturated carbocycles. The topological polar surface area (TPSA) is 40.7 Å². The predicted molar refractivity (Wildman–Crippen MR) is 124 cm³/mol. The van der Waals surface area contributed by atoms with Gasteiger partial charge in [0.05, 0.1) is 5.69 Å². The number of nitrogens with one attached hydrogen (secondary N) is 1. The Kier molecular flexibility index (Phi) is 5.18. The second-order valence-electron chi connectivity index (χ2n) is 9.26. The van der Waals surface area contributed by atoms with Crippen molar-refractivity contribution in [3.8, 4) is 11.5 Å². The molecule has 1 aromatic heterocycles. The lowest BCUT2D eigenvalue weighted by molar-refractivity contribution is 0.140. The van der Waals surface area contributed by atoms with Gasteiger partial charge in [0.1, 0.15) is 19.0 Å². The number of aromatic nitrogens is 1. The van der Waals surface area contributed by atoms with E-state index in [0.29, 0.717) is 25.2 Å². The van der Waals surface area contributed by atoms with Crippen LogP contribution in [0.5, 0.6) is 11.5 Å². The Balaban J connectivity index is 1.07. The first-order chi connectivity index (χ1) is 15.8. The third kappa shape index (κ3) is 3.60. The van der Waals surface area contributed by atoms with E-state index in [2.05, 4.69) is 33.1 Å². The molecule has 5 nitrogen and oxygen atoms in total. The number of nitrogens with zero attached hydrogens (tertiary/aromatic N) is 2. The van der Waals surface area contributed by atoms with Crippen LogP contribution in [-0.4, -0.2) is 55.3 Å². The maximum atomic E-state index is 13.5. The van der Waals surface area contributed by atoms with E-state index < -0.39 is 0 Å². The van der Waals surface area contributed by atoms with Crippen molar-refractivity contribution in [2.45, 2.75) is 37.6 Å². The number of fused-ring (bicyclic) bond motifs is 2. The van der Waals surface area contributed by atoms with E-state index in [1.54, 1.807) is 12.1 Å². The van der Waals surface area contributed by atoms with Gasteiger partial charge in [-0.1, -0.05) is 6.07 Å². The zero-order valence-corrected chi connectivity index (χ0v) is 18.4. The van der Waals surface area contributed by atoms with Gasteiger partial charge in [-0.05, 0) is 67.5 Å². The van der Waals surface area contributed by atoms with Gasteiger partial charge < -0.3 is 19.4 Å². The summed E-state index contributed by atoms with van der Waals surface area (Å²) in [6.45, 7) is 5.47. The molecule has 0 atom stereocenters. The highest BCUT2D eigenvalue weighted by Crippen LogP contribution is 2.41. The van der Waals surface area contributed by atoms with Gasteiger partial charge in [0.2, 0.25) is 0 Å². The summed E-state index contributed by atoms with van der Waals surface area (Å²) in [5, 5.41) is 1.18. The molecule has 0 bridgehead atoms. The van der Waals surface area contributed by atoms with Crippen molar-refractivity contribution < 1.29 is 13.9 Å². The highest BCUT2D eigenvalue weighted by molar-refractivity contribution is 5.83. The zero-order chi connectivity index (χ0) is 21.5. The first-order valence-corrected chi connectivity index (χ1v) is 11.9. The Labute approximate surface area is 188 Å². The maximum absolute atomic E-state index is 13.5. The number of hydrogen-bond donors (Lipinski definition) is 1. The van der Waals surface area contributed by atoms with E-state index in [9.17, 15) is 4.39 Å². The lowest BCUT2D eigenvalue weighted by Gasteiger charge is -2.43. The summed E-state index contributed by atoms with van der Waals surface area (Å²) in [4.78, 5) is 8.40. The minimum Gasteiger partial charge on any atom is -0.486 e. The highest BCUT2D eigenvalue weighted by Gasteiger charge is 2.31. The normalized spacial score (nSPS) is 24.1. The summed E-state index contributed by atoms with van der Waals surface area (Å²) in [6, 6.07) is 12.0. The van der Waals surface area contributed by atoms with Crippen LogP contribution in [0.1, 0.15) is 37.2 Å². The summed E-state index contributed by atoms with van der Waals surface area (Å²) in [5.74, 6) is 2.17. The second kappa shape index (κ2) is 8.32. The summed E-state index contributed by atoms with van der Waals surface area (Å²) >= 11 is 0. The van der Waals surface area contributed by atoms with E-state index in [1.165, 1.54) is 42.3 Å². The molecule has 3 aliphatic rings. The monoisotopic (exact) mass is 435 g/mol. The number of piperazine rings is 1. The fraction of sp³-hybridized carbons (Fsp3) is 0.462. The van der Waals surface area contributed by atoms with Crippen molar-refractivity contribution in [2.24, 2.45) is 0 Å².